The number of halogens is 1. The van der Waals surface area contributed by atoms with Gasteiger partial charge in [0.15, 0.2) is 0 Å². The third-order valence-corrected chi connectivity index (χ3v) is 5.51. The minimum Gasteiger partial charge on any atom is -0.389 e. The van der Waals surface area contributed by atoms with Crippen molar-refractivity contribution < 1.29 is 5.11 Å². The first-order valence-corrected chi connectivity index (χ1v) is 8.02. The fourth-order valence-electron chi connectivity index (χ4n) is 3.74. The summed E-state index contributed by atoms with van der Waals surface area (Å²) in [5, 5.41) is 12.0. The van der Waals surface area contributed by atoms with Crippen LogP contribution in [0.15, 0.2) is 24.3 Å². The van der Waals surface area contributed by atoms with Gasteiger partial charge in [-0.15, -0.1) is 0 Å². The molecule has 1 saturated heterocycles. The van der Waals surface area contributed by atoms with Gasteiger partial charge in [0.05, 0.1) is 5.60 Å². The summed E-state index contributed by atoms with van der Waals surface area (Å²) >= 11 is 6.20. The molecule has 1 N–H and O–H groups in total. The van der Waals surface area contributed by atoms with Crippen molar-refractivity contribution in [3.8, 4) is 0 Å². The topological polar surface area (TPSA) is 23.5 Å². The lowest BCUT2D eigenvalue weighted by molar-refractivity contribution is -0.0710. The van der Waals surface area contributed by atoms with Gasteiger partial charge in [-0.1, -0.05) is 37.6 Å². The highest BCUT2D eigenvalue weighted by Gasteiger charge is 2.50. The molecule has 0 spiro atoms. The Balaban J connectivity index is 2.49. The molecular formula is C17H26ClNO. The van der Waals surface area contributed by atoms with E-state index < -0.39 is 5.60 Å². The van der Waals surface area contributed by atoms with E-state index in [1.54, 1.807) is 0 Å². The Morgan fingerprint density at radius 3 is 2.35 bits per heavy atom. The lowest BCUT2D eigenvalue weighted by atomic mass is 9.60. The minimum atomic E-state index is -0.654. The zero-order valence-electron chi connectivity index (χ0n) is 12.8. The van der Waals surface area contributed by atoms with Gasteiger partial charge >= 0.3 is 0 Å². The molecule has 0 saturated carbocycles. The highest BCUT2D eigenvalue weighted by molar-refractivity contribution is 6.30. The van der Waals surface area contributed by atoms with E-state index in [1.165, 1.54) is 5.56 Å². The van der Waals surface area contributed by atoms with E-state index in [2.05, 4.69) is 31.9 Å². The second-order valence-corrected chi connectivity index (χ2v) is 6.57. The van der Waals surface area contributed by atoms with E-state index in [1.807, 2.05) is 18.2 Å². The summed E-state index contributed by atoms with van der Waals surface area (Å²) in [5.74, 6) is 0. The van der Waals surface area contributed by atoms with Crippen molar-refractivity contribution in [3.05, 3.63) is 34.9 Å². The average Bonchev–Trinajstić information content (AvgIpc) is 2.47. The van der Waals surface area contributed by atoms with Crippen molar-refractivity contribution in [3.63, 3.8) is 0 Å². The third kappa shape index (κ3) is 2.61. The molecule has 0 unspecified atom stereocenters. The molecule has 0 bridgehead atoms. The standard InChI is InChI=1S/C17H26ClNO/c1-4-17(20,5-2)16(9-11-19(3)12-10-16)14-7-6-8-15(18)13-14/h6-8,13,20H,4-5,9-12H2,1-3H3. The Labute approximate surface area is 127 Å². The zero-order chi connectivity index (χ0) is 14.8. The summed E-state index contributed by atoms with van der Waals surface area (Å²) in [6.45, 7) is 6.23. The largest absolute Gasteiger partial charge is 0.389 e. The van der Waals surface area contributed by atoms with Crippen LogP contribution in [0.25, 0.3) is 0 Å². The summed E-state index contributed by atoms with van der Waals surface area (Å²) in [6.07, 6.45) is 3.53. The van der Waals surface area contributed by atoms with Crippen molar-refractivity contribution >= 4 is 11.6 Å². The van der Waals surface area contributed by atoms with Gasteiger partial charge in [-0.3, -0.25) is 0 Å². The maximum absolute atomic E-state index is 11.3. The smallest absolute Gasteiger partial charge is 0.0739 e. The highest BCUT2D eigenvalue weighted by atomic mass is 35.5. The van der Waals surface area contributed by atoms with Crippen LogP contribution >= 0.6 is 11.6 Å². The van der Waals surface area contributed by atoms with Gasteiger partial charge in [0.1, 0.15) is 0 Å². The molecule has 112 valence electrons. The van der Waals surface area contributed by atoms with Gasteiger partial charge in [-0.2, -0.15) is 0 Å². The van der Waals surface area contributed by atoms with E-state index in [-0.39, 0.29) is 5.41 Å². The Morgan fingerprint density at radius 2 is 1.85 bits per heavy atom. The zero-order valence-corrected chi connectivity index (χ0v) is 13.6. The first-order chi connectivity index (χ1) is 9.47. The molecule has 1 heterocycles. The Hall–Kier alpha value is -0.570. The number of rotatable bonds is 4. The molecule has 0 radical (unpaired) electrons. The van der Waals surface area contributed by atoms with Crippen LogP contribution in [-0.4, -0.2) is 35.7 Å². The quantitative estimate of drug-likeness (QED) is 0.912. The molecule has 1 aromatic rings. The van der Waals surface area contributed by atoms with Crippen LogP contribution in [0, 0.1) is 0 Å². The van der Waals surface area contributed by atoms with Gasteiger partial charge in [0, 0.05) is 10.4 Å². The number of piperidine rings is 1. The van der Waals surface area contributed by atoms with Crippen LogP contribution in [0.2, 0.25) is 5.02 Å². The molecule has 1 aliphatic heterocycles. The van der Waals surface area contributed by atoms with Gasteiger partial charge in [-0.25, -0.2) is 0 Å². The highest BCUT2D eigenvalue weighted by Crippen LogP contribution is 2.47. The minimum absolute atomic E-state index is 0.173. The first kappa shape index (κ1) is 15.8. The SMILES string of the molecule is CCC(O)(CC)C1(c2cccc(Cl)c2)CCN(C)CC1. The maximum Gasteiger partial charge on any atom is 0.0739 e. The van der Waals surface area contributed by atoms with Crippen molar-refractivity contribution in [1.82, 2.24) is 4.90 Å². The predicted octanol–water partition coefficient (Wildman–Crippen LogP) is 3.85. The molecule has 1 aromatic carbocycles. The molecule has 0 aromatic heterocycles. The van der Waals surface area contributed by atoms with Crippen molar-refractivity contribution in [2.75, 3.05) is 20.1 Å². The number of nitrogens with zero attached hydrogens (tertiary/aromatic N) is 1. The van der Waals surface area contributed by atoms with Crippen molar-refractivity contribution in [2.24, 2.45) is 0 Å². The van der Waals surface area contributed by atoms with Crippen LogP contribution in [0.4, 0.5) is 0 Å². The van der Waals surface area contributed by atoms with Crippen LogP contribution in [0.5, 0.6) is 0 Å². The predicted molar refractivity (Wildman–Crippen MR) is 85.4 cm³/mol. The second-order valence-electron chi connectivity index (χ2n) is 6.13. The van der Waals surface area contributed by atoms with Gasteiger partial charge in [0.25, 0.3) is 0 Å². The molecule has 20 heavy (non-hydrogen) atoms. The van der Waals surface area contributed by atoms with Crippen molar-refractivity contribution in [1.29, 1.82) is 0 Å². The molecule has 2 rings (SSSR count). The second kappa shape index (κ2) is 6.05. The average molecular weight is 296 g/mol. The summed E-state index contributed by atoms with van der Waals surface area (Å²) < 4.78 is 0. The summed E-state index contributed by atoms with van der Waals surface area (Å²) in [5.41, 5.74) is 0.372. The van der Waals surface area contributed by atoms with E-state index >= 15 is 0 Å². The molecular weight excluding hydrogens is 270 g/mol. The summed E-state index contributed by atoms with van der Waals surface area (Å²) in [7, 11) is 2.15. The number of aliphatic hydroxyl groups is 1. The lowest BCUT2D eigenvalue weighted by Crippen LogP contribution is -2.56. The van der Waals surface area contributed by atoms with Crippen LogP contribution in [0.3, 0.4) is 0 Å². The molecule has 0 amide bonds. The monoisotopic (exact) mass is 295 g/mol. The Bertz CT molecular complexity index is 448. The molecule has 0 atom stereocenters. The fourth-order valence-corrected chi connectivity index (χ4v) is 3.93. The molecule has 0 aliphatic carbocycles. The maximum atomic E-state index is 11.3. The van der Waals surface area contributed by atoms with Gasteiger partial charge in [0.2, 0.25) is 0 Å². The van der Waals surface area contributed by atoms with Crippen LogP contribution in [0.1, 0.15) is 45.1 Å². The number of benzene rings is 1. The summed E-state index contributed by atoms with van der Waals surface area (Å²) in [4.78, 5) is 2.34. The number of hydrogen-bond donors (Lipinski definition) is 1. The number of hydrogen-bond acceptors (Lipinski definition) is 2. The molecule has 2 nitrogen and oxygen atoms in total. The Kier molecular flexibility index (Phi) is 4.78. The normalized spacial score (nSPS) is 20.1. The van der Waals surface area contributed by atoms with E-state index in [0.717, 1.165) is 43.8 Å². The Morgan fingerprint density at radius 1 is 1.25 bits per heavy atom. The molecule has 1 fully saturated rings. The summed E-state index contributed by atoms with van der Waals surface area (Å²) in [6, 6.07) is 8.09. The van der Waals surface area contributed by atoms with Crippen LogP contribution in [-0.2, 0) is 5.41 Å². The van der Waals surface area contributed by atoms with E-state index in [9.17, 15) is 5.11 Å². The van der Waals surface area contributed by atoms with E-state index in [4.69, 9.17) is 11.6 Å². The van der Waals surface area contributed by atoms with E-state index in [0.29, 0.717) is 0 Å². The number of likely N-dealkylation sites (tertiary alicyclic amines) is 1. The molecule has 1 aliphatic rings. The van der Waals surface area contributed by atoms with Gasteiger partial charge in [-0.05, 0) is 63.5 Å². The lowest BCUT2D eigenvalue weighted by Gasteiger charge is -2.51. The first-order valence-electron chi connectivity index (χ1n) is 7.64. The third-order valence-electron chi connectivity index (χ3n) is 5.28. The van der Waals surface area contributed by atoms with Crippen LogP contribution < -0.4 is 0 Å². The fraction of sp³-hybridized carbons (Fsp3) is 0.647. The van der Waals surface area contributed by atoms with Gasteiger partial charge < -0.3 is 10.0 Å². The molecule has 3 heteroatoms. The van der Waals surface area contributed by atoms with Crippen molar-refractivity contribution in [2.45, 2.75) is 50.5 Å².